The Morgan fingerprint density at radius 1 is 1.50 bits per heavy atom. The lowest BCUT2D eigenvalue weighted by Gasteiger charge is -2.15. The molecule has 0 unspecified atom stereocenters. The molecule has 2 heterocycles. The number of nitrogens with zero attached hydrogens (tertiary/aromatic N) is 3. The van der Waals surface area contributed by atoms with Gasteiger partial charge < -0.3 is 10.3 Å². The number of aromatic amines is 1. The van der Waals surface area contributed by atoms with Gasteiger partial charge in [-0.25, -0.2) is 4.98 Å². The molecule has 0 aliphatic carbocycles. The number of amides is 1. The van der Waals surface area contributed by atoms with E-state index in [9.17, 15) is 4.79 Å². The first-order valence-corrected chi connectivity index (χ1v) is 5.36. The fraction of sp³-hybridized carbons (Fsp3) is 0.182. The van der Waals surface area contributed by atoms with Crippen LogP contribution in [0.4, 0.5) is 5.69 Å². The van der Waals surface area contributed by atoms with Gasteiger partial charge in [-0.2, -0.15) is 5.10 Å². The third-order valence-corrected chi connectivity index (χ3v) is 2.47. The van der Waals surface area contributed by atoms with E-state index in [0.29, 0.717) is 17.9 Å². The molecule has 0 fully saturated rings. The minimum atomic E-state index is -0.153. The predicted molar refractivity (Wildman–Crippen MR) is 66.4 cm³/mol. The maximum Gasteiger partial charge on any atom is 0.272 e. The summed E-state index contributed by atoms with van der Waals surface area (Å²) in [5, 5.41) is 6.53. The van der Waals surface area contributed by atoms with Crippen molar-refractivity contribution in [1.29, 1.82) is 0 Å². The van der Waals surface area contributed by atoms with Gasteiger partial charge in [0.05, 0.1) is 18.1 Å². The number of hydrazine groups is 1. The fourth-order valence-electron chi connectivity index (χ4n) is 1.51. The van der Waals surface area contributed by atoms with Crippen molar-refractivity contribution in [2.45, 2.75) is 6.54 Å². The quantitative estimate of drug-likeness (QED) is 0.534. The second-order valence-corrected chi connectivity index (χ2v) is 3.84. The number of nitrogen functional groups attached to an aromatic ring is 1. The van der Waals surface area contributed by atoms with E-state index in [-0.39, 0.29) is 5.91 Å². The van der Waals surface area contributed by atoms with Gasteiger partial charge in [-0.15, -0.1) is 0 Å². The lowest BCUT2D eigenvalue weighted by Crippen LogP contribution is -2.26. The molecule has 4 N–H and O–H groups in total. The summed E-state index contributed by atoms with van der Waals surface area (Å²) in [6.07, 6.45) is 4.94. The van der Waals surface area contributed by atoms with E-state index in [1.807, 2.05) is 0 Å². The molecular formula is C11H14N6O. The SMILES string of the molecule is CN(Cc1cn[nH]c1)C(=O)c1ccc(NN)cn1. The van der Waals surface area contributed by atoms with Crippen molar-refractivity contribution in [2.75, 3.05) is 12.5 Å². The second-order valence-electron chi connectivity index (χ2n) is 3.84. The zero-order valence-electron chi connectivity index (χ0n) is 9.92. The van der Waals surface area contributed by atoms with Gasteiger partial charge in [0.2, 0.25) is 0 Å². The van der Waals surface area contributed by atoms with Crippen LogP contribution in [0, 0.1) is 0 Å². The number of hydrogen-bond acceptors (Lipinski definition) is 5. The Labute approximate surface area is 104 Å². The average Bonchev–Trinajstić information content (AvgIpc) is 2.91. The molecule has 1 amide bonds. The number of rotatable bonds is 4. The summed E-state index contributed by atoms with van der Waals surface area (Å²) >= 11 is 0. The van der Waals surface area contributed by atoms with Crippen molar-refractivity contribution in [2.24, 2.45) is 5.84 Å². The predicted octanol–water partition coefficient (Wildman–Crippen LogP) is 0.362. The van der Waals surface area contributed by atoms with Crippen LogP contribution in [0.5, 0.6) is 0 Å². The van der Waals surface area contributed by atoms with Crippen LogP contribution in [-0.2, 0) is 6.54 Å². The molecule has 2 aromatic heterocycles. The minimum Gasteiger partial charge on any atom is -0.336 e. The molecule has 0 spiro atoms. The van der Waals surface area contributed by atoms with Gasteiger partial charge in [0.25, 0.3) is 5.91 Å². The number of carbonyl (C=O) groups excluding carboxylic acids is 1. The molecule has 0 radical (unpaired) electrons. The topological polar surface area (TPSA) is 99.9 Å². The van der Waals surface area contributed by atoms with E-state index in [2.05, 4.69) is 20.6 Å². The molecule has 7 heteroatoms. The van der Waals surface area contributed by atoms with Gasteiger partial charge in [-0.05, 0) is 12.1 Å². The highest BCUT2D eigenvalue weighted by Gasteiger charge is 2.13. The number of nitrogens with one attached hydrogen (secondary N) is 2. The molecule has 0 atom stereocenters. The van der Waals surface area contributed by atoms with Gasteiger partial charge in [0.1, 0.15) is 5.69 Å². The fourth-order valence-corrected chi connectivity index (χ4v) is 1.51. The summed E-state index contributed by atoms with van der Waals surface area (Å²) in [7, 11) is 1.71. The Kier molecular flexibility index (Phi) is 3.54. The Hall–Kier alpha value is -2.41. The summed E-state index contributed by atoms with van der Waals surface area (Å²) in [5.74, 6) is 5.08. The molecule has 0 saturated heterocycles. The zero-order valence-corrected chi connectivity index (χ0v) is 9.92. The van der Waals surface area contributed by atoms with Gasteiger partial charge in [0, 0.05) is 25.4 Å². The van der Waals surface area contributed by atoms with Crippen LogP contribution in [0.15, 0.2) is 30.7 Å². The molecule has 2 rings (SSSR count). The Balaban J connectivity index is 2.05. The van der Waals surface area contributed by atoms with Crippen LogP contribution in [0.2, 0.25) is 0 Å². The van der Waals surface area contributed by atoms with E-state index in [4.69, 9.17) is 5.84 Å². The Bertz CT molecular complexity index is 507. The number of H-pyrrole nitrogens is 1. The molecule has 0 aliphatic rings. The lowest BCUT2D eigenvalue weighted by atomic mass is 10.3. The number of aromatic nitrogens is 3. The van der Waals surface area contributed by atoms with Crippen LogP contribution in [-0.4, -0.2) is 33.0 Å². The van der Waals surface area contributed by atoms with Crippen molar-refractivity contribution in [3.8, 4) is 0 Å². The zero-order chi connectivity index (χ0) is 13.0. The first-order valence-electron chi connectivity index (χ1n) is 5.36. The van der Waals surface area contributed by atoms with Gasteiger partial charge in [-0.3, -0.25) is 15.7 Å². The number of carbonyl (C=O) groups is 1. The van der Waals surface area contributed by atoms with E-state index in [1.54, 1.807) is 36.5 Å². The summed E-state index contributed by atoms with van der Waals surface area (Å²) < 4.78 is 0. The molecular weight excluding hydrogens is 232 g/mol. The van der Waals surface area contributed by atoms with Crippen LogP contribution < -0.4 is 11.3 Å². The standard InChI is InChI=1S/C11H14N6O/c1-17(7-8-4-14-15-5-8)11(18)10-3-2-9(16-12)6-13-10/h2-6,16H,7,12H2,1H3,(H,14,15). The highest BCUT2D eigenvalue weighted by molar-refractivity contribution is 5.92. The third-order valence-electron chi connectivity index (χ3n) is 2.47. The highest BCUT2D eigenvalue weighted by atomic mass is 16.2. The summed E-state index contributed by atoms with van der Waals surface area (Å²) in [4.78, 5) is 17.7. The summed E-state index contributed by atoms with van der Waals surface area (Å²) in [5.41, 5.74) is 4.43. The van der Waals surface area contributed by atoms with Crippen molar-refractivity contribution in [3.05, 3.63) is 42.0 Å². The van der Waals surface area contributed by atoms with Crippen LogP contribution in [0.1, 0.15) is 16.1 Å². The van der Waals surface area contributed by atoms with Gasteiger partial charge >= 0.3 is 0 Å². The smallest absolute Gasteiger partial charge is 0.272 e. The summed E-state index contributed by atoms with van der Waals surface area (Å²) in [6, 6.07) is 3.33. The van der Waals surface area contributed by atoms with Crippen LogP contribution >= 0.6 is 0 Å². The number of anilines is 1. The molecule has 0 aliphatic heterocycles. The van der Waals surface area contributed by atoms with Gasteiger partial charge in [0.15, 0.2) is 0 Å². The van der Waals surface area contributed by atoms with E-state index in [0.717, 1.165) is 5.56 Å². The Morgan fingerprint density at radius 3 is 2.89 bits per heavy atom. The monoisotopic (exact) mass is 246 g/mol. The van der Waals surface area contributed by atoms with E-state index < -0.39 is 0 Å². The first kappa shape index (κ1) is 12.1. The molecule has 2 aromatic rings. The average molecular weight is 246 g/mol. The third kappa shape index (κ3) is 2.64. The van der Waals surface area contributed by atoms with Crippen molar-refractivity contribution >= 4 is 11.6 Å². The molecule has 0 aromatic carbocycles. The van der Waals surface area contributed by atoms with Gasteiger partial charge in [-0.1, -0.05) is 0 Å². The molecule has 7 nitrogen and oxygen atoms in total. The maximum atomic E-state index is 12.1. The first-order chi connectivity index (χ1) is 8.70. The number of hydrogen-bond donors (Lipinski definition) is 3. The highest BCUT2D eigenvalue weighted by Crippen LogP contribution is 2.08. The molecule has 0 bridgehead atoms. The van der Waals surface area contributed by atoms with Crippen LogP contribution in [0.3, 0.4) is 0 Å². The largest absolute Gasteiger partial charge is 0.336 e. The minimum absolute atomic E-state index is 0.153. The lowest BCUT2D eigenvalue weighted by molar-refractivity contribution is 0.0779. The normalized spacial score (nSPS) is 10.1. The molecule has 0 saturated carbocycles. The van der Waals surface area contributed by atoms with E-state index >= 15 is 0 Å². The van der Waals surface area contributed by atoms with Crippen molar-refractivity contribution in [3.63, 3.8) is 0 Å². The van der Waals surface area contributed by atoms with E-state index in [1.165, 1.54) is 6.20 Å². The second kappa shape index (κ2) is 5.28. The van der Waals surface area contributed by atoms with Crippen molar-refractivity contribution in [1.82, 2.24) is 20.1 Å². The summed E-state index contributed by atoms with van der Waals surface area (Å²) in [6.45, 7) is 0.480. The number of nitrogens with two attached hydrogens (primary N) is 1. The van der Waals surface area contributed by atoms with Crippen LogP contribution in [0.25, 0.3) is 0 Å². The molecule has 94 valence electrons. The maximum absolute atomic E-state index is 12.1. The van der Waals surface area contributed by atoms with Crippen molar-refractivity contribution < 1.29 is 4.79 Å². The molecule has 18 heavy (non-hydrogen) atoms. The number of pyridine rings is 1. The Morgan fingerprint density at radius 2 is 2.33 bits per heavy atom.